The van der Waals surface area contributed by atoms with Gasteiger partial charge in [-0.2, -0.15) is 0 Å². The SMILES string of the molecule is CCN(CCC(=O)O)C(=O)CCCCCCN. The van der Waals surface area contributed by atoms with Crippen LogP contribution in [0.4, 0.5) is 0 Å². The van der Waals surface area contributed by atoms with Gasteiger partial charge in [-0.3, -0.25) is 9.59 Å². The molecule has 0 heterocycles. The van der Waals surface area contributed by atoms with Gasteiger partial charge in [0, 0.05) is 19.5 Å². The molecule has 1 amide bonds. The number of carboxylic acid groups (broad SMARTS) is 1. The second-order valence-electron chi connectivity index (χ2n) is 4.07. The highest BCUT2D eigenvalue weighted by Gasteiger charge is 2.12. The average molecular weight is 244 g/mol. The van der Waals surface area contributed by atoms with Crippen LogP contribution >= 0.6 is 0 Å². The molecule has 0 aliphatic rings. The second kappa shape index (κ2) is 10.1. The van der Waals surface area contributed by atoms with Crippen molar-refractivity contribution in [2.75, 3.05) is 19.6 Å². The zero-order valence-corrected chi connectivity index (χ0v) is 10.7. The highest BCUT2D eigenvalue weighted by Crippen LogP contribution is 2.05. The molecule has 5 heteroatoms. The van der Waals surface area contributed by atoms with Gasteiger partial charge in [0.05, 0.1) is 6.42 Å². The first-order valence-corrected chi connectivity index (χ1v) is 6.31. The predicted octanol–water partition coefficient (Wildman–Crippen LogP) is 1.22. The van der Waals surface area contributed by atoms with Gasteiger partial charge in [0.25, 0.3) is 0 Å². The second-order valence-corrected chi connectivity index (χ2v) is 4.07. The molecule has 0 aliphatic carbocycles. The lowest BCUT2D eigenvalue weighted by molar-refractivity contribution is -0.138. The molecule has 0 atom stereocenters. The topological polar surface area (TPSA) is 83.6 Å². The van der Waals surface area contributed by atoms with Crippen molar-refractivity contribution in [1.29, 1.82) is 0 Å². The van der Waals surface area contributed by atoms with Gasteiger partial charge in [-0.25, -0.2) is 0 Å². The van der Waals surface area contributed by atoms with Crippen LogP contribution in [0.15, 0.2) is 0 Å². The van der Waals surface area contributed by atoms with Crippen LogP contribution < -0.4 is 5.73 Å². The molecule has 0 aromatic carbocycles. The molecule has 0 unspecified atom stereocenters. The molecule has 17 heavy (non-hydrogen) atoms. The van der Waals surface area contributed by atoms with Crippen molar-refractivity contribution in [1.82, 2.24) is 4.90 Å². The first-order valence-electron chi connectivity index (χ1n) is 6.31. The van der Waals surface area contributed by atoms with E-state index in [1.165, 1.54) is 0 Å². The largest absolute Gasteiger partial charge is 0.481 e. The normalized spacial score (nSPS) is 10.2. The maximum atomic E-state index is 11.7. The highest BCUT2D eigenvalue weighted by molar-refractivity contribution is 5.76. The Balaban J connectivity index is 3.72. The van der Waals surface area contributed by atoms with Gasteiger partial charge in [-0.15, -0.1) is 0 Å². The Morgan fingerprint density at radius 3 is 2.29 bits per heavy atom. The molecule has 0 fully saturated rings. The van der Waals surface area contributed by atoms with Crippen molar-refractivity contribution < 1.29 is 14.7 Å². The lowest BCUT2D eigenvalue weighted by Gasteiger charge is -2.19. The number of carbonyl (C=O) groups is 2. The molecule has 0 aromatic rings. The van der Waals surface area contributed by atoms with Crippen LogP contribution in [0, 0.1) is 0 Å². The molecular formula is C12H24N2O3. The maximum absolute atomic E-state index is 11.7. The molecule has 3 N–H and O–H groups in total. The summed E-state index contributed by atoms with van der Waals surface area (Å²) in [6.07, 6.45) is 4.47. The third kappa shape index (κ3) is 8.68. The summed E-state index contributed by atoms with van der Waals surface area (Å²) in [5, 5.41) is 8.56. The summed E-state index contributed by atoms with van der Waals surface area (Å²) in [7, 11) is 0. The Morgan fingerprint density at radius 2 is 1.76 bits per heavy atom. The molecule has 5 nitrogen and oxygen atoms in total. The Morgan fingerprint density at radius 1 is 1.12 bits per heavy atom. The molecule has 0 saturated heterocycles. The van der Waals surface area contributed by atoms with E-state index in [0.29, 0.717) is 26.1 Å². The predicted molar refractivity (Wildman–Crippen MR) is 66.6 cm³/mol. The van der Waals surface area contributed by atoms with E-state index in [-0.39, 0.29) is 12.3 Å². The molecule has 0 aliphatic heterocycles. The number of amides is 1. The quantitative estimate of drug-likeness (QED) is 0.566. The number of hydrogen-bond acceptors (Lipinski definition) is 3. The summed E-state index contributed by atoms with van der Waals surface area (Å²) >= 11 is 0. The highest BCUT2D eigenvalue weighted by atomic mass is 16.4. The molecule has 0 spiro atoms. The van der Waals surface area contributed by atoms with Crippen molar-refractivity contribution in [2.45, 2.75) is 45.4 Å². The van der Waals surface area contributed by atoms with Gasteiger partial charge in [-0.1, -0.05) is 12.8 Å². The van der Waals surface area contributed by atoms with Crippen molar-refractivity contribution >= 4 is 11.9 Å². The lowest BCUT2D eigenvalue weighted by Crippen LogP contribution is -2.32. The van der Waals surface area contributed by atoms with E-state index in [4.69, 9.17) is 10.8 Å². The fraction of sp³-hybridized carbons (Fsp3) is 0.833. The van der Waals surface area contributed by atoms with E-state index in [1.807, 2.05) is 6.92 Å². The Bertz CT molecular complexity index is 232. The van der Waals surface area contributed by atoms with Crippen LogP contribution in [0.2, 0.25) is 0 Å². The van der Waals surface area contributed by atoms with Crippen LogP contribution in [0.1, 0.15) is 45.4 Å². The first-order chi connectivity index (χ1) is 8.11. The summed E-state index contributed by atoms with van der Waals surface area (Å²) in [4.78, 5) is 23.8. The van der Waals surface area contributed by atoms with Gasteiger partial charge in [-0.05, 0) is 26.3 Å². The van der Waals surface area contributed by atoms with E-state index in [2.05, 4.69) is 0 Å². The van der Waals surface area contributed by atoms with E-state index in [1.54, 1.807) is 4.90 Å². The number of carbonyl (C=O) groups excluding carboxylic acids is 1. The molecule has 0 bridgehead atoms. The smallest absolute Gasteiger partial charge is 0.305 e. The zero-order valence-electron chi connectivity index (χ0n) is 10.7. The molecule has 0 radical (unpaired) electrons. The fourth-order valence-corrected chi connectivity index (χ4v) is 1.62. The summed E-state index contributed by atoms with van der Waals surface area (Å²) in [6, 6.07) is 0. The van der Waals surface area contributed by atoms with Crippen LogP contribution in [-0.2, 0) is 9.59 Å². The summed E-state index contributed by atoms with van der Waals surface area (Å²) in [5.41, 5.74) is 5.38. The van der Waals surface area contributed by atoms with Crippen molar-refractivity contribution in [3.05, 3.63) is 0 Å². The van der Waals surface area contributed by atoms with Gasteiger partial charge in [0.2, 0.25) is 5.91 Å². The summed E-state index contributed by atoms with van der Waals surface area (Å²) in [6.45, 7) is 3.46. The number of unbranched alkanes of at least 4 members (excludes halogenated alkanes) is 3. The molecule has 0 saturated carbocycles. The van der Waals surface area contributed by atoms with Crippen LogP contribution in [0.25, 0.3) is 0 Å². The van der Waals surface area contributed by atoms with Crippen LogP contribution in [0.3, 0.4) is 0 Å². The molecule has 0 aromatic heterocycles. The Hall–Kier alpha value is -1.10. The van der Waals surface area contributed by atoms with Gasteiger partial charge < -0.3 is 15.7 Å². The number of nitrogens with two attached hydrogens (primary N) is 1. The number of carboxylic acids is 1. The molecular weight excluding hydrogens is 220 g/mol. The Labute approximate surface area is 103 Å². The van der Waals surface area contributed by atoms with E-state index < -0.39 is 5.97 Å². The summed E-state index contributed by atoms with van der Waals surface area (Å²) in [5.74, 6) is -0.805. The average Bonchev–Trinajstić information content (AvgIpc) is 2.29. The minimum absolute atomic E-state index is 0.0206. The fourth-order valence-electron chi connectivity index (χ4n) is 1.62. The minimum atomic E-state index is -0.862. The van der Waals surface area contributed by atoms with E-state index >= 15 is 0 Å². The van der Waals surface area contributed by atoms with Crippen molar-refractivity contribution in [3.63, 3.8) is 0 Å². The van der Waals surface area contributed by atoms with Gasteiger partial charge in [0.1, 0.15) is 0 Å². The number of nitrogens with zero attached hydrogens (tertiary/aromatic N) is 1. The third-order valence-corrected chi connectivity index (χ3v) is 2.67. The number of aliphatic carboxylic acids is 1. The van der Waals surface area contributed by atoms with Gasteiger partial charge >= 0.3 is 5.97 Å². The van der Waals surface area contributed by atoms with Gasteiger partial charge in [0.15, 0.2) is 0 Å². The zero-order chi connectivity index (χ0) is 13.1. The maximum Gasteiger partial charge on any atom is 0.305 e. The van der Waals surface area contributed by atoms with Crippen molar-refractivity contribution in [3.8, 4) is 0 Å². The summed E-state index contributed by atoms with van der Waals surface area (Å²) < 4.78 is 0. The number of hydrogen-bond donors (Lipinski definition) is 2. The van der Waals surface area contributed by atoms with Crippen LogP contribution in [-0.4, -0.2) is 41.5 Å². The standard InChI is InChI=1S/C12H24N2O3/c1-2-14(10-8-12(16)17)11(15)7-5-3-4-6-9-13/h2-10,13H2,1H3,(H,16,17). The lowest BCUT2D eigenvalue weighted by atomic mass is 10.1. The monoisotopic (exact) mass is 244 g/mol. The van der Waals surface area contributed by atoms with Crippen molar-refractivity contribution in [2.24, 2.45) is 5.73 Å². The van der Waals surface area contributed by atoms with Crippen LogP contribution in [0.5, 0.6) is 0 Å². The molecule has 100 valence electrons. The Kier molecular flexibility index (Phi) is 9.43. The molecule has 0 rings (SSSR count). The minimum Gasteiger partial charge on any atom is -0.481 e. The number of rotatable bonds is 10. The van der Waals surface area contributed by atoms with E-state index in [9.17, 15) is 9.59 Å². The van der Waals surface area contributed by atoms with E-state index in [0.717, 1.165) is 25.7 Å². The third-order valence-electron chi connectivity index (χ3n) is 2.67. The first kappa shape index (κ1) is 15.9.